The van der Waals surface area contributed by atoms with E-state index in [4.69, 9.17) is 19.9 Å². The minimum atomic E-state index is -0.222. The topological polar surface area (TPSA) is 56.0 Å². The average molecular weight is 594 g/mol. The monoisotopic (exact) mass is 593 g/mol. The molecule has 0 atom stereocenters. The Balaban J connectivity index is 1.17. The molecular weight excluding hydrogens is 562 g/mol. The van der Waals surface area contributed by atoms with Crippen molar-refractivity contribution in [2.75, 3.05) is 0 Å². The number of para-hydroxylation sites is 1. The molecule has 2 aliphatic rings. The Morgan fingerprint density at radius 2 is 1.17 bits per heavy atom. The largest absolute Gasteiger partial charge is 0.294 e. The van der Waals surface area contributed by atoms with Crippen LogP contribution in [-0.2, 0) is 11.8 Å². The van der Waals surface area contributed by atoms with Gasteiger partial charge in [-0.05, 0) is 59.4 Å². The van der Waals surface area contributed by atoms with Gasteiger partial charge >= 0.3 is 0 Å². The average Bonchev–Trinajstić information content (AvgIpc) is 3.57. The number of fused-ring (bicyclic) bond motifs is 6. The van der Waals surface area contributed by atoms with Gasteiger partial charge in [-0.2, -0.15) is 0 Å². The molecule has 5 aromatic carbocycles. The van der Waals surface area contributed by atoms with Crippen molar-refractivity contribution < 1.29 is 0 Å². The number of benzene rings is 5. The highest BCUT2D eigenvalue weighted by Crippen LogP contribution is 2.51. The molecule has 1 aliphatic heterocycles. The second-order valence-corrected chi connectivity index (χ2v) is 12.7. The van der Waals surface area contributed by atoms with Gasteiger partial charge in [-0.15, -0.1) is 0 Å². The number of nitrogens with zero attached hydrogens (tertiary/aromatic N) is 5. The predicted octanol–water partition coefficient (Wildman–Crippen LogP) is 9.77. The van der Waals surface area contributed by atoms with Crippen LogP contribution in [0.4, 0.5) is 5.82 Å². The smallest absolute Gasteiger partial charge is 0.164 e. The summed E-state index contributed by atoms with van der Waals surface area (Å²) in [6, 6.07) is 42.5. The third kappa shape index (κ3) is 4.08. The molecule has 0 unspecified atom stereocenters. The Morgan fingerprint density at radius 1 is 0.587 bits per heavy atom. The van der Waals surface area contributed by atoms with Crippen LogP contribution in [0.5, 0.6) is 0 Å². The molecule has 9 rings (SSSR count). The molecule has 1 aliphatic carbocycles. The summed E-state index contributed by atoms with van der Waals surface area (Å²) in [5.74, 6) is 3.07. The highest BCUT2D eigenvalue weighted by molar-refractivity contribution is 5.94. The Bertz CT molecular complexity index is 2270. The van der Waals surface area contributed by atoms with Crippen LogP contribution in [0.3, 0.4) is 0 Å². The molecule has 0 N–H and O–H groups in total. The first kappa shape index (κ1) is 26.7. The number of aliphatic imine (C=N–C) groups is 1. The number of hydrogen-bond acceptors (Lipinski definition) is 4. The van der Waals surface area contributed by atoms with Crippen molar-refractivity contribution in [3.8, 4) is 51.0 Å². The number of aryl methyl sites for hydroxylation is 1. The number of rotatable bonds is 4. The van der Waals surface area contributed by atoms with Crippen molar-refractivity contribution in [1.82, 2.24) is 19.5 Å². The van der Waals surface area contributed by atoms with Gasteiger partial charge in [0, 0.05) is 45.0 Å². The van der Waals surface area contributed by atoms with E-state index in [1.165, 1.54) is 38.7 Å². The van der Waals surface area contributed by atoms with Crippen molar-refractivity contribution >= 4 is 22.9 Å². The van der Waals surface area contributed by atoms with E-state index in [-0.39, 0.29) is 5.41 Å². The predicted molar refractivity (Wildman–Crippen MR) is 187 cm³/mol. The highest BCUT2D eigenvalue weighted by atomic mass is 15.1. The molecule has 46 heavy (non-hydrogen) atoms. The van der Waals surface area contributed by atoms with Crippen LogP contribution in [0.1, 0.15) is 37.0 Å². The highest BCUT2D eigenvalue weighted by Gasteiger charge is 2.36. The third-order valence-corrected chi connectivity index (χ3v) is 9.56. The van der Waals surface area contributed by atoms with Crippen molar-refractivity contribution in [3.05, 3.63) is 138 Å². The lowest BCUT2D eigenvalue weighted by Crippen LogP contribution is -2.15. The summed E-state index contributed by atoms with van der Waals surface area (Å²) in [6.45, 7) is 4.65. The van der Waals surface area contributed by atoms with Crippen LogP contribution in [0.25, 0.3) is 61.9 Å². The quantitative estimate of drug-likeness (QED) is 0.204. The van der Waals surface area contributed by atoms with E-state index in [1.807, 2.05) is 60.7 Å². The minimum absolute atomic E-state index is 0.222. The molecule has 0 saturated heterocycles. The van der Waals surface area contributed by atoms with E-state index in [1.54, 1.807) is 0 Å². The lowest BCUT2D eigenvalue weighted by molar-refractivity contribution is 0.660. The number of aromatic nitrogens is 4. The third-order valence-electron chi connectivity index (χ3n) is 9.56. The second kappa shape index (κ2) is 10.2. The van der Waals surface area contributed by atoms with E-state index in [0.717, 1.165) is 41.0 Å². The lowest BCUT2D eigenvalue weighted by atomic mass is 9.82. The van der Waals surface area contributed by atoms with Crippen LogP contribution in [-0.4, -0.2) is 25.7 Å². The van der Waals surface area contributed by atoms with Gasteiger partial charge in [-0.25, -0.2) is 19.9 Å². The molecule has 2 aromatic heterocycles. The lowest BCUT2D eigenvalue weighted by Gasteiger charge is -2.23. The second-order valence-electron chi connectivity index (χ2n) is 12.7. The summed E-state index contributed by atoms with van der Waals surface area (Å²) in [5.41, 5.74) is 11.5. The first-order chi connectivity index (χ1) is 22.6. The van der Waals surface area contributed by atoms with Gasteiger partial charge in [-0.1, -0.05) is 111 Å². The summed E-state index contributed by atoms with van der Waals surface area (Å²) < 4.78 is 2.34. The Hall–Kier alpha value is -5.68. The van der Waals surface area contributed by atoms with Crippen LogP contribution >= 0.6 is 0 Å². The molecule has 0 spiro atoms. The maximum Gasteiger partial charge on any atom is 0.164 e. The SMILES string of the molecule is CC1(C)c2cc(-c3nc(-c4ccccc4)nc(-c4ccccc4)n3)ccc2-c2ccc(-n3c4c(c5ccccc53)CCC=N4)cc21. The van der Waals surface area contributed by atoms with Gasteiger partial charge in [0.15, 0.2) is 17.5 Å². The molecule has 220 valence electrons. The first-order valence-corrected chi connectivity index (χ1v) is 15.9. The van der Waals surface area contributed by atoms with E-state index in [9.17, 15) is 0 Å². The maximum absolute atomic E-state index is 5.00. The zero-order valence-corrected chi connectivity index (χ0v) is 25.8. The molecule has 0 saturated carbocycles. The molecule has 0 bridgehead atoms. The standard InChI is InChI=1S/C41H31N5/c1-41(2)34-24-28(39-44-37(26-12-5-3-6-13-26)43-38(45-39)27-14-7-4-8-15-27)19-21-30(34)31-22-20-29(25-35(31)41)46-36-18-10-9-16-32(36)33-17-11-23-42-40(33)46/h3-10,12-16,18-25H,11,17H2,1-2H3. The molecule has 7 aromatic rings. The molecule has 5 nitrogen and oxygen atoms in total. The molecule has 0 fully saturated rings. The summed E-state index contributed by atoms with van der Waals surface area (Å²) in [4.78, 5) is 19.8. The summed E-state index contributed by atoms with van der Waals surface area (Å²) in [7, 11) is 0. The normalized spacial score (nSPS) is 14.2. The summed E-state index contributed by atoms with van der Waals surface area (Å²) in [5, 5.41) is 1.30. The Labute approximate surface area is 268 Å². The maximum atomic E-state index is 5.00. The molecule has 0 amide bonds. The van der Waals surface area contributed by atoms with Gasteiger partial charge in [0.25, 0.3) is 0 Å². The van der Waals surface area contributed by atoms with Crippen molar-refractivity contribution in [2.24, 2.45) is 4.99 Å². The van der Waals surface area contributed by atoms with Crippen molar-refractivity contribution in [2.45, 2.75) is 32.1 Å². The minimum Gasteiger partial charge on any atom is -0.294 e. The fourth-order valence-corrected chi connectivity index (χ4v) is 7.24. The van der Waals surface area contributed by atoms with Gasteiger partial charge in [0.2, 0.25) is 0 Å². The molecule has 0 radical (unpaired) electrons. The van der Waals surface area contributed by atoms with Crippen molar-refractivity contribution in [1.29, 1.82) is 0 Å². The van der Waals surface area contributed by atoms with E-state index >= 15 is 0 Å². The molecule has 3 heterocycles. The molecular formula is C41H31N5. The number of hydrogen-bond donors (Lipinski definition) is 0. The Kier molecular flexibility index (Phi) is 5.91. The van der Waals surface area contributed by atoms with Gasteiger partial charge in [0.05, 0.1) is 5.52 Å². The zero-order chi connectivity index (χ0) is 30.8. The van der Waals surface area contributed by atoms with E-state index in [0.29, 0.717) is 17.5 Å². The van der Waals surface area contributed by atoms with E-state index in [2.05, 4.69) is 85.3 Å². The van der Waals surface area contributed by atoms with Crippen molar-refractivity contribution in [3.63, 3.8) is 0 Å². The van der Waals surface area contributed by atoms with E-state index < -0.39 is 0 Å². The fourth-order valence-electron chi connectivity index (χ4n) is 7.24. The van der Waals surface area contributed by atoms with Gasteiger partial charge in [0.1, 0.15) is 5.82 Å². The van der Waals surface area contributed by atoms with Gasteiger partial charge in [-0.3, -0.25) is 4.57 Å². The molecule has 5 heteroatoms. The fraction of sp³-hybridized carbons (Fsp3) is 0.122. The van der Waals surface area contributed by atoms with Crippen LogP contribution in [0.2, 0.25) is 0 Å². The van der Waals surface area contributed by atoms with Crippen LogP contribution in [0.15, 0.2) is 126 Å². The van der Waals surface area contributed by atoms with Gasteiger partial charge < -0.3 is 0 Å². The Morgan fingerprint density at radius 3 is 1.87 bits per heavy atom. The zero-order valence-electron chi connectivity index (χ0n) is 25.8. The first-order valence-electron chi connectivity index (χ1n) is 15.9. The summed E-state index contributed by atoms with van der Waals surface area (Å²) in [6.07, 6.45) is 4.06. The van der Waals surface area contributed by atoms with Crippen LogP contribution < -0.4 is 0 Å². The van der Waals surface area contributed by atoms with Crippen LogP contribution in [0, 0.1) is 0 Å². The summed E-state index contributed by atoms with van der Waals surface area (Å²) >= 11 is 0.